The average molecular weight is 225 g/mol. The second-order valence-corrected chi connectivity index (χ2v) is 3.90. The summed E-state index contributed by atoms with van der Waals surface area (Å²) in [6, 6.07) is 9.31. The number of H-pyrrole nitrogens is 1. The summed E-state index contributed by atoms with van der Waals surface area (Å²) in [5, 5.41) is 8.77. The average Bonchev–Trinajstić information content (AvgIpc) is 2.32. The number of aryl methyl sites for hydroxylation is 2. The highest BCUT2D eigenvalue weighted by Crippen LogP contribution is 2.19. The Bertz CT molecular complexity index is 665. The van der Waals surface area contributed by atoms with E-state index in [9.17, 15) is 4.79 Å². The molecule has 0 saturated heterocycles. The summed E-state index contributed by atoms with van der Waals surface area (Å²) in [4.78, 5) is 17.5. The molecular formula is C13H11N3O. The van der Waals surface area contributed by atoms with E-state index < -0.39 is 5.69 Å². The summed E-state index contributed by atoms with van der Waals surface area (Å²) in [5.41, 5.74) is 3.44. The Balaban J connectivity index is 2.61. The summed E-state index contributed by atoms with van der Waals surface area (Å²) in [6.45, 7) is 4.03. The van der Waals surface area contributed by atoms with Crippen LogP contribution >= 0.6 is 0 Å². The van der Waals surface area contributed by atoms with Gasteiger partial charge in [-0.25, -0.2) is 4.79 Å². The Morgan fingerprint density at radius 1 is 1.24 bits per heavy atom. The van der Waals surface area contributed by atoms with E-state index >= 15 is 0 Å². The molecule has 0 saturated carbocycles. The van der Waals surface area contributed by atoms with Gasteiger partial charge in [-0.15, -0.1) is 0 Å². The first kappa shape index (κ1) is 11.1. The van der Waals surface area contributed by atoms with E-state index in [4.69, 9.17) is 5.26 Å². The molecule has 1 aromatic carbocycles. The molecule has 2 rings (SSSR count). The van der Waals surface area contributed by atoms with Gasteiger partial charge in [-0.1, -0.05) is 12.1 Å². The van der Waals surface area contributed by atoms with Crippen molar-refractivity contribution < 1.29 is 0 Å². The molecule has 0 aliphatic rings. The number of hydrogen-bond donors (Lipinski definition) is 1. The van der Waals surface area contributed by atoms with Crippen LogP contribution in [-0.2, 0) is 0 Å². The van der Waals surface area contributed by atoms with E-state index in [1.165, 1.54) is 5.56 Å². The Labute approximate surface area is 98.6 Å². The number of aromatic amines is 1. The summed E-state index contributed by atoms with van der Waals surface area (Å²) in [6.07, 6.45) is 0. The molecule has 1 aromatic heterocycles. The molecule has 4 heteroatoms. The fraction of sp³-hybridized carbons (Fsp3) is 0.154. The maximum Gasteiger partial charge on any atom is 0.346 e. The minimum Gasteiger partial charge on any atom is -0.305 e. The number of hydrogen-bond acceptors (Lipinski definition) is 3. The minimum atomic E-state index is -0.503. The first-order chi connectivity index (χ1) is 8.10. The lowest BCUT2D eigenvalue weighted by Crippen LogP contribution is -2.12. The zero-order valence-electron chi connectivity index (χ0n) is 9.61. The fourth-order valence-electron chi connectivity index (χ4n) is 1.58. The monoisotopic (exact) mass is 225 g/mol. The fourth-order valence-corrected chi connectivity index (χ4v) is 1.58. The maximum atomic E-state index is 11.3. The normalized spacial score (nSPS) is 9.94. The van der Waals surface area contributed by atoms with Crippen molar-refractivity contribution in [2.24, 2.45) is 0 Å². The minimum absolute atomic E-state index is 0.127. The van der Waals surface area contributed by atoms with Gasteiger partial charge in [-0.2, -0.15) is 10.2 Å². The third-order valence-electron chi connectivity index (χ3n) is 2.68. The molecule has 17 heavy (non-hydrogen) atoms. The summed E-state index contributed by atoms with van der Waals surface area (Å²) < 4.78 is 0. The lowest BCUT2D eigenvalue weighted by atomic mass is 10.0. The first-order valence-electron chi connectivity index (χ1n) is 5.19. The number of nitriles is 1. The third kappa shape index (κ3) is 2.23. The second kappa shape index (κ2) is 4.22. The van der Waals surface area contributed by atoms with Crippen LogP contribution in [0.3, 0.4) is 0 Å². The molecule has 1 heterocycles. The van der Waals surface area contributed by atoms with Gasteiger partial charge in [0, 0.05) is 0 Å². The molecule has 0 atom stereocenters. The van der Waals surface area contributed by atoms with Crippen LogP contribution in [0.1, 0.15) is 16.8 Å². The smallest absolute Gasteiger partial charge is 0.305 e. The van der Waals surface area contributed by atoms with Crippen molar-refractivity contribution in [2.75, 3.05) is 0 Å². The Morgan fingerprint density at radius 3 is 2.65 bits per heavy atom. The van der Waals surface area contributed by atoms with Crippen molar-refractivity contribution in [2.45, 2.75) is 13.8 Å². The zero-order valence-corrected chi connectivity index (χ0v) is 9.61. The predicted molar refractivity (Wildman–Crippen MR) is 64.5 cm³/mol. The van der Waals surface area contributed by atoms with Crippen molar-refractivity contribution in [3.63, 3.8) is 0 Å². The van der Waals surface area contributed by atoms with E-state index in [0.717, 1.165) is 11.1 Å². The van der Waals surface area contributed by atoms with E-state index in [1.54, 1.807) is 6.07 Å². The van der Waals surface area contributed by atoms with Crippen molar-refractivity contribution in [3.8, 4) is 17.3 Å². The molecule has 0 fully saturated rings. The number of aromatic nitrogens is 2. The second-order valence-electron chi connectivity index (χ2n) is 3.90. The molecule has 4 nitrogen and oxygen atoms in total. The van der Waals surface area contributed by atoms with Crippen LogP contribution in [-0.4, -0.2) is 9.97 Å². The molecule has 84 valence electrons. The number of benzene rings is 1. The Morgan fingerprint density at radius 2 is 2.00 bits per heavy atom. The van der Waals surface area contributed by atoms with Gasteiger partial charge in [0.25, 0.3) is 0 Å². The van der Waals surface area contributed by atoms with Crippen LogP contribution in [0.5, 0.6) is 0 Å². The SMILES string of the molecule is Cc1ccc(-c2cc(C#N)nc(=O)[nH]2)cc1C. The van der Waals surface area contributed by atoms with Crippen LogP contribution in [0.25, 0.3) is 11.3 Å². The summed E-state index contributed by atoms with van der Waals surface area (Å²) >= 11 is 0. The van der Waals surface area contributed by atoms with Crippen molar-refractivity contribution in [3.05, 3.63) is 51.6 Å². The molecule has 0 radical (unpaired) electrons. The number of nitrogens with zero attached hydrogens (tertiary/aromatic N) is 2. The zero-order chi connectivity index (χ0) is 12.4. The van der Waals surface area contributed by atoms with Crippen molar-refractivity contribution >= 4 is 0 Å². The van der Waals surface area contributed by atoms with E-state index in [-0.39, 0.29) is 5.69 Å². The Hall–Kier alpha value is -2.41. The molecule has 0 amide bonds. The molecule has 0 aliphatic heterocycles. The number of rotatable bonds is 1. The molecule has 0 aliphatic carbocycles. The highest BCUT2D eigenvalue weighted by atomic mass is 16.1. The van der Waals surface area contributed by atoms with E-state index in [0.29, 0.717) is 5.69 Å². The molecule has 1 N–H and O–H groups in total. The van der Waals surface area contributed by atoms with Crippen molar-refractivity contribution in [1.82, 2.24) is 9.97 Å². The Kier molecular flexibility index (Phi) is 2.75. The standard InChI is InChI=1S/C13H11N3O/c1-8-3-4-10(5-9(8)2)12-6-11(7-14)15-13(17)16-12/h3-6H,1-2H3,(H,15,16,17). The third-order valence-corrected chi connectivity index (χ3v) is 2.68. The van der Waals surface area contributed by atoms with Crippen LogP contribution in [0.15, 0.2) is 29.1 Å². The van der Waals surface area contributed by atoms with Gasteiger partial charge < -0.3 is 4.98 Å². The lowest BCUT2D eigenvalue weighted by Gasteiger charge is -2.05. The quantitative estimate of drug-likeness (QED) is 0.806. The lowest BCUT2D eigenvalue weighted by molar-refractivity contribution is 1.06. The van der Waals surface area contributed by atoms with Crippen LogP contribution in [0.2, 0.25) is 0 Å². The summed E-state index contributed by atoms with van der Waals surface area (Å²) in [5.74, 6) is 0. The van der Waals surface area contributed by atoms with Gasteiger partial charge in [-0.05, 0) is 42.7 Å². The van der Waals surface area contributed by atoms with E-state index in [2.05, 4.69) is 9.97 Å². The van der Waals surface area contributed by atoms with Crippen LogP contribution in [0, 0.1) is 25.2 Å². The van der Waals surface area contributed by atoms with Gasteiger partial charge in [-0.3, -0.25) is 0 Å². The topological polar surface area (TPSA) is 69.5 Å². The van der Waals surface area contributed by atoms with Crippen molar-refractivity contribution in [1.29, 1.82) is 5.26 Å². The largest absolute Gasteiger partial charge is 0.346 e. The highest BCUT2D eigenvalue weighted by Gasteiger charge is 2.04. The van der Waals surface area contributed by atoms with Crippen LogP contribution < -0.4 is 5.69 Å². The summed E-state index contributed by atoms with van der Waals surface area (Å²) in [7, 11) is 0. The first-order valence-corrected chi connectivity index (χ1v) is 5.19. The molecule has 2 aromatic rings. The van der Waals surface area contributed by atoms with Gasteiger partial charge in [0.1, 0.15) is 11.8 Å². The van der Waals surface area contributed by atoms with Gasteiger partial charge in [0.05, 0.1) is 5.69 Å². The van der Waals surface area contributed by atoms with E-state index in [1.807, 2.05) is 38.1 Å². The predicted octanol–water partition coefficient (Wildman–Crippen LogP) is 1.93. The molecule has 0 bridgehead atoms. The highest BCUT2D eigenvalue weighted by molar-refractivity contribution is 5.61. The van der Waals surface area contributed by atoms with Gasteiger partial charge in [0.2, 0.25) is 0 Å². The number of nitrogens with one attached hydrogen (secondary N) is 1. The maximum absolute atomic E-state index is 11.3. The molecule has 0 unspecified atom stereocenters. The molecular weight excluding hydrogens is 214 g/mol. The van der Waals surface area contributed by atoms with Crippen LogP contribution in [0.4, 0.5) is 0 Å². The van der Waals surface area contributed by atoms with Gasteiger partial charge >= 0.3 is 5.69 Å². The van der Waals surface area contributed by atoms with Gasteiger partial charge in [0.15, 0.2) is 0 Å². The molecule has 0 spiro atoms.